The number of hydrogen-bond acceptors (Lipinski definition) is 8. The Morgan fingerprint density at radius 1 is 0.919 bits per heavy atom. The van der Waals surface area contributed by atoms with Crippen molar-refractivity contribution in [2.75, 3.05) is 56.5 Å². The van der Waals surface area contributed by atoms with Crippen LogP contribution >= 0.6 is 11.6 Å². The molecule has 1 fully saturated rings. The number of aromatic nitrogens is 2. The van der Waals surface area contributed by atoms with E-state index in [-0.39, 0.29) is 5.91 Å². The lowest BCUT2D eigenvalue weighted by Gasteiger charge is -2.34. The van der Waals surface area contributed by atoms with E-state index in [1.165, 1.54) is 5.56 Å². The van der Waals surface area contributed by atoms with Gasteiger partial charge < -0.3 is 25.6 Å². The zero-order valence-electron chi connectivity index (χ0n) is 20.8. The van der Waals surface area contributed by atoms with Crippen LogP contribution in [0.25, 0.3) is 0 Å². The lowest BCUT2D eigenvalue weighted by atomic mass is 10.1. The van der Waals surface area contributed by atoms with Crippen LogP contribution in [0.1, 0.15) is 18.4 Å². The van der Waals surface area contributed by atoms with Gasteiger partial charge >= 0.3 is 0 Å². The second-order valence-electron chi connectivity index (χ2n) is 9.28. The van der Waals surface area contributed by atoms with Gasteiger partial charge in [-0.15, -0.1) is 0 Å². The minimum Gasteiger partial charge on any atom is -0.492 e. The summed E-state index contributed by atoms with van der Waals surface area (Å²) in [5, 5.41) is 10.1. The number of carbonyl (C=O) groups excluding carboxylic acids is 1. The Bertz CT molecular complexity index is 1220. The maximum atomic E-state index is 12.3. The van der Waals surface area contributed by atoms with Crippen LogP contribution in [-0.4, -0.2) is 71.6 Å². The van der Waals surface area contributed by atoms with Crippen molar-refractivity contribution in [2.24, 2.45) is 0 Å². The van der Waals surface area contributed by atoms with E-state index in [9.17, 15) is 4.79 Å². The van der Waals surface area contributed by atoms with Gasteiger partial charge in [-0.2, -0.15) is 4.98 Å². The second kappa shape index (κ2) is 12.2. The lowest BCUT2D eigenvalue weighted by molar-refractivity contribution is -0.121. The quantitative estimate of drug-likeness (QED) is 0.408. The fourth-order valence-electron chi connectivity index (χ4n) is 4.47. The molecule has 1 aromatic heterocycles. The highest BCUT2D eigenvalue weighted by Crippen LogP contribution is 2.29. The number of anilines is 4. The summed E-state index contributed by atoms with van der Waals surface area (Å²) in [6, 6.07) is 15.7. The first-order valence-electron chi connectivity index (χ1n) is 12.7. The molecule has 1 amide bonds. The highest BCUT2D eigenvalue weighted by atomic mass is 35.5. The third kappa shape index (κ3) is 7.31. The molecule has 2 aromatic carbocycles. The normalized spacial score (nSPS) is 20.9. The Kier molecular flexibility index (Phi) is 8.35. The molecule has 37 heavy (non-hydrogen) atoms. The number of nitrogens with one attached hydrogen (secondary N) is 3. The van der Waals surface area contributed by atoms with Gasteiger partial charge in [-0.25, -0.2) is 4.98 Å². The highest BCUT2D eigenvalue weighted by molar-refractivity contribution is 6.32. The predicted octanol–water partition coefficient (Wildman–Crippen LogP) is 4.02. The van der Waals surface area contributed by atoms with Crippen LogP contribution in [0.5, 0.6) is 5.75 Å². The molecular formula is C27H32ClN7O2. The van der Waals surface area contributed by atoms with Crippen molar-refractivity contribution >= 4 is 40.6 Å². The summed E-state index contributed by atoms with van der Waals surface area (Å²) in [7, 11) is 0. The molecule has 5 aliphatic heterocycles. The first-order valence-corrected chi connectivity index (χ1v) is 13.1. The van der Waals surface area contributed by atoms with Gasteiger partial charge in [0.25, 0.3) is 0 Å². The number of rotatable bonds is 0. The predicted molar refractivity (Wildman–Crippen MR) is 146 cm³/mol. The van der Waals surface area contributed by atoms with E-state index < -0.39 is 0 Å². The molecule has 0 atom stereocenters. The number of amides is 1. The summed E-state index contributed by atoms with van der Waals surface area (Å²) in [5.41, 5.74) is 2.96. The van der Waals surface area contributed by atoms with Crippen LogP contribution in [0, 0.1) is 0 Å². The number of hydrogen-bond donors (Lipinski definition) is 3. The number of piperazine rings is 1. The molecule has 3 N–H and O–H groups in total. The Hall–Kier alpha value is -3.40. The van der Waals surface area contributed by atoms with Crippen LogP contribution < -0.4 is 20.7 Å². The topological polar surface area (TPSA) is 94.7 Å². The molecule has 8 bridgehead atoms. The summed E-state index contributed by atoms with van der Waals surface area (Å²) in [6.07, 6.45) is 2.93. The molecule has 0 radical (unpaired) electrons. The van der Waals surface area contributed by atoms with Gasteiger partial charge in [0.15, 0.2) is 0 Å². The standard InChI is InChI=1S/C27H32ClN7O2/c28-23-18-22-5-6-24(23)37-16-2-9-29-26(36)8-11-34-12-14-35(15-13-34)19-20-3-1-4-21(17-20)32-27-30-10-7-25(31-22)33-27/h1,3-7,10,17-18H,2,8-9,11-16,19H2,(H,29,36)(H2,30,31,32,33). The third-order valence-corrected chi connectivity index (χ3v) is 6.77. The van der Waals surface area contributed by atoms with Gasteiger partial charge in [0.05, 0.1) is 11.6 Å². The molecule has 6 heterocycles. The van der Waals surface area contributed by atoms with Crippen LogP contribution in [-0.2, 0) is 11.3 Å². The Balaban J connectivity index is 1.32. The Morgan fingerprint density at radius 3 is 2.62 bits per heavy atom. The molecule has 9 nitrogen and oxygen atoms in total. The fourth-order valence-corrected chi connectivity index (χ4v) is 4.70. The van der Waals surface area contributed by atoms with Crippen molar-refractivity contribution in [3.63, 3.8) is 0 Å². The Labute approximate surface area is 222 Å². The molecule has 0 spiro atoms. The van der Waals surface area contributed by atoms with Gasteiger partial charge in [0, 0.05) is 69.8 Å². The first kappa shape index (κ1) is 25.3. The SMILES string of the molecule is O=C1CCN2CCN(CC2)Cc2cccc(c2)Nc2nccc(n2)Nc2ccc(c(Cl)c2)OCCCN1. The van der Waals surface area contributed by atoms with Crippen molar-refractivity contribution in [1.82, 2.24) is 25.1 Å². The van der Waals surface area contributed by atoms with E-state index in [4.69, 9.17) is 16.3 Å². The monoisotopic (exact) mass is 521 g/mol. The number of nitrogens with zero attached hydrogens (tertiary/aromatic N) is 4. The minimum atomic E-state index is 0.0810. The molecule has 0 aliphatic carbocycles. The highest BCUT2D eigenvalue weighted by Gasteiger charge is 2.18. The molecule has 10 heteroatoms. The van der Waals surface area contributed by atoms with Crippen LogP contribution in [0.15, 0.2) is 54.7 Å². The third-order valence-electron chi connectivity index (χ3n) is 6.47. The van der Waals surface area contributed by atoms with Crippen molar-refractivity contribution in [3.05, 3.63) is 65.3 Å². The Morgan fingerprint density at radius 2 is 1.76 bits per heavy atom. The molecule has 0 saturated carbocycles. The van der Waals surface area contributed by atoms with Gasteiger partial charge in [-0.3, -0.25) is 9.69 Å². The molecule has 194 valence electrons. The van der Waals surface area contributed by atoms with Crippen LogP contribution in [0.2, 0.25) is 5.02 Å². The molecule has 1 saturated heterocycles. The van der Waals surface area contributed by atoms with Crippen molar-refractivity contribution in [3.8, 4) is 5.75 Å². The molecule has 5 aliphatic rings. The zero-order valence-corrected chi connectivity index (χ0v) is 21.5. The van der Waals surface area contributed by atoms with E-state index in [1.54, 1.807) is 18.3 Å². The van der Waals surface area contributed by atoms with Crippen LogP contribution in [0.4, 0.5) is 23.1 Å². The minimum absolute atomic E-state index is 0.0810. The first-order chi connectivity index (χ1) is 18.1. The van der Waals surface area contributed by atoms with E-state index >= 15 is 0 Å². The van der Waals surface area contributed by atoms with Gasteiger partial charge in [-0.1, -0.05) is 23.7 Å². The lowest BCUT2D eigenvalue weighted by Crippen LogP contribution is -2.46. The average molecular weight is 522 g/mol. The number of ether oxygens (including phenoxy) is 1. The summed E-state index contributed by atoms with van der Waals surface area (Å²) in [5.74, 6) is 1.85. The zero-order chi connectivity index (χ0) is 25.5. The van der Waals surface area contributed by atoms with Gasteiger partial charge in [0.2, 0.25) is 11.9 Å². The number of benzene rings is 2. The summed E-state index contributed by atoms with van der Waals surface area (Å²) in [6.45, 7) is 6.60. The summed E-state index contributed by atoms with van der Waals surface area (Å²) in [4.78, 5) is 26.1. The smallest absolute Gasteiger partial charge is 0.229 e. The van der Waals surface area contributed by atoms with E-state index in [1.807, 2.05) is 24.3 Å². The molecule has 3 aromatic rings. The number of carbonyl (C=O) groups is 1. The summed E-state index contributed by atoms with van der Waals surface area (Å²) >= 11 is 6.44. The maximum absolute atomic E-state index is 12.3. The van der Waals surface area contributed by atoms with Gasteiger partial charge in [0.1, 0.15) is 11.6 Å². The summed E-state index contributed by atoms with van der Waals surface area (Å²) < 4.78 is 5.82. The van der Waals surface area contributed by atoms with E-state index in [0.29, 0.717) is 48.5 Å². The van der Waals surface area contributed by atoms with E-state index in [0.717, 1.165) is 50.6 Å². The number of halogens is 1. The van der Waals surface area contributed by atoms with Crippen molar-refractivity contribution < 1.29 is 9.53 Å². The van der Waals surface area contributed by atoms with Crippen molar-refractivity contribution in [2.45, 2.75) is 19.4 Å². The molecule has 8 rings (SSSR count). The van der Waals surface area contributed by atoms with Gasteiger partial charge in [-0.05, 0) is 48.4 Å². The largest absolute Gasteiger partial charge is 0.492 e. The fraction of sp³-hybridized carbons (Fsp3) is 0.370. The maximum Gasteiger partial charge on any atom is 0.229 e. The van der Waals surface area contributed by atoms with Crippen molar-refractivity contribution in [1.29, 1.82) is 0 Å². The average Bonchev–Trinajstić information content (AvgIpc) is 2.89. The molecule has 0 unspecified atom stereocenters. The van der Waals surface area contributed by atoms with Crippen LogP contribution in [0.3, 0.4) is 0 Å². The van der Waals surface area contributed by atoms with E-state index in [2.05, 4.69) is 47.9 Å². The second-order valence-corrected chi connectivity index (χ2v) is 9.69. The molecular weight excluding hydrogens is 490 g/mol.